The average Bonchev–Trinajstić information content (AvgIpc) is 2.39. The zero-order chi connectivity index (χ0) is 13.1. The molecule has 1 aliphatic heterocycles. The normalized spacial score (nSPS) is 23.2. The van der Waals surface area contributed by atoms with Crippen LogP contribution in [0.15, 0.2) is 24.3 Å². The second-order valence-electron chi connectivity index (χ2n) is 5.52. The van der Waals surface area contributed by atoms with Crippen LogP contribution in [0.25, 0.3) is 0 Å². The number of phenols is 1. The van der Waals surface area contributed by atoms with Gasteiger partial charge in [0.15, 0.2) is 0 Å². The van der Waals surface area contributed by atoms with Crippen molar-refractivity contribution in [2.75, 3.05) is 27.2 Å². The van der Waals surface area contributed by atoms with Crippen LogP contribution in [0.3, 0.4) is 0 Å². The lowest BCUT2D eigenvalue weighted by molar-refractivity contribution is 0.102. The molecule has 0 saturated carbocycles. The van der Waals surface area contributed by atoms with Crippen molar-refractivity contribution in [3.8, 4) is 5.75 Å². The highest BCUT2D eigenvalue weighted by atomic mass is 16.3. The van der Waals surface area contributed by atoms with Crippen LogP contribution < -0.4 is 0 Å². The lowest BCUT2D eigenvalue weighted by atomic mass is 10.00. The van der Waals surface area contributed by atoms with Crippen molar-refractivity contribution in [3.63, 3.8) is 0 Å². The van der Waals surface area contributed by atoms with E-state index in [4.69, 9.17) is 0 Å². The van der Waals surface area contributed by atoms with Crippen molar-refractivity contribution in [2.45, 2.75) is 31.8 Å². The fraction of sp³-hybridized carbons (Fsp3) is 0.600. The molecule has 100 valence electrons. The van der Waals surface area contributed by atoms with E-state index in [9.17, 15) is 5.11 Å². The molecule has 1 heterocycles. The van der Waals surface area contributed by atoms with Gasteiger partial charge in [-0.05, 0) is 58.1 Å². The first-order valence-corrected chi connectivity index (χ1v) is 6.77. The van der Waals surface area contributed by atoms with E-state index in [1.807, 2.05) is 12.1 Å². The van der Waals surface area contributed by atoms with Crippen LogP contribution >= 0.6 is 0 Å². The van der Waals surface area contributed by atoms with E-state index in [0.29, 0.717) is 17.8 Å². The SMILES string of the molecule is CC(c1ccc(O)cc1)N1CCCC(N(C)C)C1. The third kappa shape index (κ3) is 3.03. The zero-order valence-corrected chi connectivity index (χ0v) is 11.6. The standard InChI is InChI=1S/C15H24N2O/c1-12(13-6-8-15(18)9-7-13)17-10-4-5-14(11-17)16(2)3/h6-9,12,14,18H,4-5,10-11H2,1-3H3. The molecule has 18 heavy (non-hydrogen) atoms. The van der Waals surface area contributed by atoms with Gasteiger partial charge in [0, 0.05) is 18.6 Å². The first-order chi connectivity index (χ1) is 8.58. The summed E-state index contributed by atoms with van der Waals surface area (Å²) >= 11 is 0. The second-order valence-corrected chi connectivity index (χ2v) is 5.52. The molecule has 1 aliphatic rings. The first kappa shape index (κ1) is 13.4. The monoisotopic (exact) mass is 248 g/mol. The molecule has 0 aromatic heterocycles. The summed E-state index contributed by atoms with van der Waals surface area (Å²) in [6.45, 7) is 4.56. The largest absolute Gasteiger partial charge is 0.508 e. The minimum atomic E-state index is 0.343. The molecule has 2 rings (SSSR count). The van der Waals surface area contributed by atoms with Gasteiger partial charge in [0.25, 0.3) is 0 Å². The molecule has 1 fully saturated rings. The van der Waals surface area contributed by atoms with E-state index in [1.165, 1.54) is 24.9 Å². The van der Waals surface area contributed by atoms with Crippen molar-refractivity contribution < 1.29 is 5.11 Å². The zero-order valence-electron chi connectivity index (χ0n) is 11.6. The lowest BCUT2D eigenvalue weighted by Gasteiger charge is -2.39. The highest BCUT2D eigenvalue weighted by molar-refractivity contribution is 5.27. The number of benzene rings is 1. The van der Waals surface area contributed by atoms with Gasteiger partial charge in [0.1, 0.15) is 5.75 Å². The Bertz CT molecular complexity index is 375. The molecule has 2 atom stereocenters. The second kappa shape index (κ2) is 5.72. The highest BCUT2D eigenvalue weighted by Crippen LogP contribution is 2.26. The Morgan fingerprint density at radius 3 is 2.56 bits per heavy atom. The molecule has 0 bridgehead atoms. The van der Waals surface area contributed by atoms with Gasteiger partial charge in [0.05, 0.1) is 0 Å². The minimum absolute atomic E-state index is 0.343. The topological polar surface area (TPSA) is 26.7 Å². The molecular formula is C15H24N2O. The van der Waals surface area contributed by atoms with Crippen LogP contribution in [0.4, 0.5) is 0 Å². The van der Waals surface area contributed by atoms with Crippen molar-refractivity contribution in [1.82, 2.24) is 9.80 Å². The number of nitrogens with zero attached hydrogens (tertiary/aromatic N) is 2. The summed E-state index contributed by atoms with van der Waals surface area (Å²) in [4.78, 5) is 4.87. The summed E-state index contributed by atoms with van der Waals surface area (Å²) in [6.07, 6.45) is 2.57. The van der Waals surface area contributed by atoms with E-state index < -0.39 is 0 Å². The molecule has 0 amide bonds. The Kier molecular flexibility index (Phi) is 4.25. The van der Waals surface area contributed by atoms with Crippen LogP contribution in [-0.2, 0) is 0 Å². The molecule has 3 heteroatoms. The smallest absolute Gasteiger partial charge is 0.115 e. The molecule has 3 nitrogen and oxygen atoms in total. The van der Waals surface area contributed by atoms with E-state index >= 15 is 0 Å². The van der Waals surface area contributed by atoms with Gasteiger partial charge < -0.3 is 10.0 Å². The van der Waals surface area contributed by atoms with Gasteiger partial charge in [-0.2, -0.15) is 0 Å². The summed E-state index contributed by atoms with van der Waals surface area (Å²) in [6, 6.07) is 8.70. The van der Waals surface area contributed by atoms with Crippen molar-refractivity contribution in [1.29, 1.82) is 0 Å². The summed E-state index contributed by atoms with van der Waals surface area (Å²) in [5, 5.41) is 9.34. The third-order valence-electron chi connectivity index (χ3n) is 4.08. The average molecular weight is 248 g/mol. The maximum atomic E-state index is 9.34. The molecule has 1 aromatic rings. The fourth-order valence-electron chi connectivity index (χ4n) is 2.72. The van der Waals surface area contributed by atoms with Crippen LogP contribution in [0.2, 0.25) is 0 Å². The quantitative estimate of drug-likeness (QED) is 0.890. The highest BCUT2D eigenvalue weighted by Gasteiger charge is 2.25. The fourth-order valence-corrected chi connectivity index (χ4v) is 2.72. The van der Waals surface area contributed by atoms with Crippen molar-refractivity contribution in [2.24, 2.45) is 0 Å². The summed E-state index contributed by atoms with van der Waals surface area (Å²) in [5.74, 6) is 0.343. The van der Waals surface area contributed by atoms with Gasteiger partial charge in [-0.15, -0.1) is 0 Å². The Morgan fingerprint density at radius 2 is 1.94 bits per heavy atom. The predicted molar refractivity (Wildman–Crippen MR) is 74.8 cm³/mol. The van der Waals surface area contributed by atoms with Crippen LogP contribution in [0.5, 0.6) is 5.75 Å². The van der Waals surface area contributed by atoms with Gasteiger partial charge >= 0.3 is 0 Å². The Morgan fingerprint density at radius 1 is 1.28 bits per heavy atom. The Hall–Kier alpha value is -1.06. The van der Waals surface area contributed by atoms with Crippen LogP contribution in [-0.4, -0.2) is 48.1 Å². The molecule has 2 unspecified atom stereocenters. The Balaban J connectivity index is 2.04. The van der Waals surface area contributed by atoms with Crippen LogP contribution in [0.1, 0.15) is 31.4 Å². The number of likely N-dealkylation sites (tertiary alicyclic amines) is 1. The number of rotatable bonds is 3. The molecule has 0 spiro atoms. The predicted octanol–water partition coefficient (Wildman–Crippen LogP) is 2.48. The van der Waals surface area contributed by atoms with Crippen molar-refractivity contribution >= 4 is 0 Å². The van der Waals surface area contributed by atoms with Gasteiger partial charge in [-0.3, -0.25) is 4.90 Å². The van der Waals surface area contributed by atoms with E-state index in [2.05, 4.69) is 30.8 Å². The number of piperidine rings is 1. The van der Waals surface area contributed by atoms with E-state index in [-0.39, 0.29) is 0 Å². The van der Waals surface area contributed by atoms with Gasteiger partial charge in [0.2, 0.25) is 0 Å². The van der Waals surface area contributed by atoms with Gasteiger partial charge in [-0.25, -0.2) is 0 Å². The summed E-state index contributed by atoms with van der Waals surface area (Å²) < 4.78 is 0. The van der Waals surface area contributed by atoms with E-state index in [1.54, 1.807) is 12.1 Å². The number of aromatic hydroxyl groups is 1. The molecule has 0 aliphatic carbocycles. The van der Waals surface area contributed by atoms with Gasteiger partial charge in [-0.1, -0.05) is 12.1 Å². The minimum Gasteiger partial charge on any atom is -0.508 e. The maximum absolute atomic E-state index is 9.34. The molecule has 0 radical (unpaired) electrons. The number of phenolic OH excluding ortho intramolecular Hbond substituents is 1. The Labute approximate surface area is 110 Å². The molecule has 1 N–H and O–H groups in total. The summed E-state index contributed by atoms with van der Waals surface area (Å²) in [5.41, 5.74) is 1.28. The maximum Gasteiger partial charge on any atom is 0.115 e. The molecule has 1 saturated heterocycles. The number of hydrogen-bond donors (Lipinski definition) is 1. The summed E-state index contributed by atoms with van der Waals surface area (Å²) in [7, 11) is 4.33. The molecular weight excluding hydrogens is 224 g/mol. The lowest BCUT2D eigenvalue weighted by Crippen LogP contribution is -2.45. The number of hydrogen-bond acceptors (Lipinski definition) is 3. The molecule has 1 aromatic carbocycles. The third-order valence-corrected chi connectivity index (χ3v) is 4.08. The van der Waals surface area contributed by atoms with Crippen LogP contribution in [0, 0.1) is 0 Å². The number of likely N-dealkylation sites (N-methyl/N-ethyl adjacent to an activating group) is 1. The first-order valence-electron chi connectivity index (χ1n) is 6.77. The van der Waals surface area contributed by atoms with Crippen molar-refractivity contribution in [3.05, 3.63) is 29.8 Å². The van der Waals surface area contributed by atoms with E-state index in [0.717, 1.165) is 6.54 Å².